The van der Waals surface area contributed by atoms with Crippen molar-refractivity contribution < 1.29 is 67.0 Å². The molecule has 3 heterocycles. The number of urea groups is 1. The number of ether oxygens (including phenoxy) is 3. The van der Waals surface area contributed by atoms with Gasteiger partial charge in [0, 0.05) is 76.7 Å². The summed E-state index contributed by atoms with van der Waals surface area (Å²) in [6.07, 6.45) is 6.14. The number of likely N-dealkylation sites (tertiary alicyclic amines) is 1. The van der Waals surface area contributed by atoms with Crippen LogP contribution in [0.1, 0.15) is 149 Å². The first kappa shape index (κ1) is 77.4. The molecule has 1 unspecified atom stereocenters. The summed E-state index contributed by atoms with van der Waals surface area (Å²) in [6, 6.07) is 10.8. The van der Waals surface area contributed by atoms with Gasteiger partial charge in [0.15, 0.2) is 0 Å². The highest BCUT2D eigenvalue weighted by atomic mass is 32.1. The molecule has 2 aliphatic rings. The number of imide groups is 1. The van der Waals surface area contributed by atoms with Crippen molar-refractivity contribution in [1.29, 1.82) is 0 Å². The fourth-order valence-electron chi connectivity index (χ4n) is 11.7. The van der Waals surface area contributed by atoms with Crippen LogP contribution in [0.15, 0.2) is 78.3 Å². The summed E-state index contributed by atoms with van der Waals surface area (Å²) in [5, 5.41) is 22.1. The number of carbonyl (C=O) groups is 11. The molecule has 9 N–H and O–H groups in total. The molecule has 2 aromatic carbocycles. The quantitative estimate of drug-likeness (QED) is 0.0248. The average Bonchev–Trinajstić information content (AvgIpc) is 1.79. The van der Waals surface area contributed by atoms with Crippen LogP contribution in [-0.2, 0) is 70.4 Å². The molecular formula is C68H100N12O14S. The number of nitrogens with two attached hydrogens (primary N) is 1. The number of thiazole rings is 1. The van der Waals surface area contributed by atoms with E-state index in [0.717, 1.165) is 15.5 Å². The van der Waals surface area contributed by atoms with Crippen molar-refractivity contribution in [2.75, 3.05) is 46.2 Å². The summed E-state index contributed by atoms with van der Waals surface area (Å²) in [7, 11) is 4.69. The molecule has 5 rings (SSSR count). The Bertz CT molecular complexity index is 3080. The third-order valence-electron chi connectivity index (χ3n) is 17.5. The summed E-state index contributed by atoms with van der Waals surface area (Å²) in [5.74, 6) is -5.48. The summed E-state index contributed by atoms with van der Waals surface area (Å²) in [6.45, 7) is 16.3. The number of amides is 12. The average molecular weight is 1340 g/mol. The molecular weight excluding hydrogens is 1240 g/mol. The first-order chi connectivity index (χ1) is 45.1. The highest BCUT2D eigenvalue weighted by molar-refractivity contribution is 7.09. The van der Waals surface area contributed by atoms with Gasteiger partial charge in [0.25, 0.3) is 11.8 Å². The Hall–Kier alpha value is -8.30. The molecule has 2 aliphatic heterocycles. The van der Waals surface area contributed by atoms with E-state index < -0.39 is 95.5 Å². The van der Waals surface area contributed by atoms with Gasteiger partial charge in [-0.3, -0.25) is 48.1 Å². The van der Waals surface area contributed by atoms with Gasteiger partial charge in [-0.25, -0.2) is 14.6 Å². The number of likely N-dealkylation sites (N-methyl/N-ethyl adjacent to an activating group) is 1. The zero-order valence-electron chi connectivity index (χ0n) is 57.0. The van der Waals surface area contributed by atoms with Crippen molar-refractivity contribution in [2.45, 2.75) is 194 Å². The number of hydrogen-bond acceptors (Lipinski definition) is 16. The predicted octanol–water partition coefficient (Wildman–Crippen LogP) is 5.81. The molecule has 0 saturated carbocycles. The monoisotopic (exact) mass is 1340 g/mol. The molecule has 0 bridgehead atoms. The van der Waals surface area contributed by atoms with E-state index in [4.69, 9.17) is 19.9 Å². The van der Waals surface area contributed by atoms with E-state index in [9.17, 15) is 52.7 Å². The van der Waals surface area contributed by atoms with Gasteiger partial charge in [0.1, 0.15) is 35.3 Å². The second-order valence-electron chi connectivity index (χ2n) is 25.7. The molecule has 0 aliphatic carbocycles. The lowest BCUT2D eigenvalue weighted by Gasteiger charge is -2.41. The molecule has 0 spiro atoms. The maximum atomic E-state index is 14.7. The Morgan fingerprint density at radius 1 is 0.789 bits per heavy atom. The number of hydrogen-bond donors (Lipinski definition) is 8. The smallest absolute Gasteiger partial charge is 0.408 e. The van der Waals surface area contributed by atoms with E-state index >= 15 is 0 Å². The molecule has 1 aromatic heterocycles. The minimum Gasteiger partial charge on any atom is -0.445 e. The lowest BCUT2D eigenvalue weighted by Crippen LogP contribution is -2.62. The van der Waals surface area contributed by atoms with Crippen LogP contribution in [0.4, 0.5) is 15.3 Å². The number of primary amides is 1. The highest BCUT2D eigenvalue weighted by Crippen LogP contribution is 2.31. The van der Waals surface area contributed by atoms with Crippen molar-refractivity contribution in [3.63, 3.8) is 0 Å². The normalized spacial score (nSPS) is 16.8. The number of aromatic nitrogens is 1. The van der Waals surface area contributed by atoms with Gasteiger partial charge < -0.3 is 67.0 Å². The van der Waals surface area contributed by atoms with Crippen LogP contribution < -0.4 is 43.0 Å². The van der Waals surface area contributed by atoms with E-state index in [0.29, 0.717) is 62.7 Å². The third-order valence-corrected chi connectivity index (χ3v) is 18.3. The second kappa shape index (κ2) is 37.7. The summed E-state index contributed by atoms with van der Waals surface area (Å²) in [5.41, 5.74) is 5.54. The van der Waals surface area contributed by atoms with Crippen LogP contribution in [0, 0.1) is 23.7 Å². The topological polar surface area (TPSA) is 348 Å². The molecule has 3 aromatic rings. The standard InChI is InChI=1S/C68H100N12O14S/c1-13-43(6)58(51(92-11)39-55(84)79-36-21-25-50(79)59(93-12)44(7)60(85)74-49(63-70-34-37-95-63)38-45-22-16-14-17-23-45)78(10)64(88)57(42(4)5)76-65(89)68(8,9)77-67(91)94-40-46-27-29-47(30-28-46)72-61(86)48(24-20-33-71-66(69)90)73-62(87)56(41(2)3)75-52(81)26-18-15-19-35-80-53(82)31-32-54(80)83/h14,16-17,22-23,27-32,34,37,41-44,48-51,56-59H,13,15,18-21,24-26,33,35-36,38-40H2,1-12H3,(H,72,86)(H,73,87)(H,74,85)(H,75,81)(H,76,89)(H,77,91)(H3,69,71,90)/t43-,44+,48-,49-,50-,51+,56-,57-,58?,59+/m0/s1. The van der Waals surface area contributed by atoms with Crippen molar-refractivity contribution in [2.24, 2.45) is 29.4 Å². The minimum atomic E-state index is -1.59. The molecule has 0 radical (unpaired) electrons. The molecule has 1 saturated heterocycles. The molecule has 95 heavy (non-hydrogen) atoms. The maximum Gasteiger partial charge on any atom is 0.408 e. The molecule has 26 nitrogen and oxygen atoms in total. The first-order valence-corrected chi connectivity index (χ1v) is 33.7. The lowest BCUT2D eigenvalue weighted by atomic mass is 9.89. The van der Waals surface area contributed by atoms with E-state index in [1.54, 1.807) is 82.1 Å². The Balaban J connectivity index is 1.15. The molecule has 12 amide bonds. The maximum absolute atomic E-state index is 14.7. The van der Waals surface area contributed by atoms with Gasteiger partial charge in [0.05, 0.1) is 42.7 Å². The van der Waals surface area contributed by atoms with Crippen molar-refractivity contribution in [3.05, 3.63) is 94.5 Å². The number of alkyl carbamates (subject to hydrolysis) is 1. The third kappa shape index (κ3) is 23.2. The zero-order chi connectivity index (χ0) is 70.1. The highest BCUT2D eigenvalue weighted by Gasteiger charge is 2.44. The fraction of sp³-hybridized carbons (Fsp3) is 0.588. The van der Waals surface area contributed by atoms with Crippen LogP contribution in [0.25, 0.3) is 0 Å². The summed E-state index contributed by atoms with van der Waals surface area (Å²) in [4.78, 5) is 155. The number of nitrogens with one attached hydrogen (secondary N) is 7. The largest absolute Gasteiger partial charge is 0.445 e. The van der Waals surface area contributed by atoms with Crippen molar-refractivity contribution in [1.82, 2.24) is 51.6 Å². The van der Waals surface area contributed by atoms with E-state index in [-0.39, 0.29) is 92.8 Å². The zero-order valence-corrected chi connectivity index (χ0v) is 57.8. The fourth-order valence-corrected chi connectivity index (χ4v) is 12.4. The number of benzene rings is 2. The van der Waals surface area contributed by atoms with Crippen LogP contribution in [0.2, 0.25) is 0 Å². The number of rotatable bonds is 38. The van der Waals surface area contributed by atoms with Crippen molar-refractivity contribution >= 4 is 82.3 Å². The van der Waals surface area contributed by atoms with E-state index in [1.165, 1.54) is 44.4 Å². The lowest BCUT2D eigenvalue weighted by molar-refractivity contribution is -0.148. The SMILES string of the molecule is CC[C@H](C)C([C@@H](CC(=O)N1CCC[C@H]1[C@H](OC)[C@@H](C)C(=O)N[C@@H](Cc1ccccc1)c1nccs1)OC)N(C)C(=O)[C@@H](NC(=O)C(C)(C)NC(=O)OCc1ccc(NC(=O)[C@H](CCCNC(N)=O)NC(=O)[C@@H](NC(=O)CCCCCN2C(=O)C=CC2=O)C(C)C)cc1)C(C)C. The number of carbonyl (C=O) groups excluding carboxylic acids is 11. The Morgan fingerprint density at radius 2 is 1.46 bits per heavy atom. The molecule has 10 atom stereocenters. The Kier molecular flexibility index (Phi) is 30.7. The van der Waals surface area contributed by atoms with Gasteiger partial charge >= 0.3 is 12.1 Å². The summed E-state index contributed by atoms with van der Waals surface area (Å²) < 4.78 is 17.7. The number of anilines is 1. The van der Waals surface area contributed by atoms with Crippen molar-refractivity contribution in [3.8, 4) is 0 Å². The number of unbranched alkanes of at least 4 members (excludes halogenated alkanes) is 2. The number of nitrogens with zero attached hydrogens (tertiary/aromatic N) is 4. The summed E-state index contributed by atoms with van der Waals surface area (Å²) >= 11 is 1.47. The Labute approximate surface area is 562 Å². The van der Waals surface area contributed by atoms with Gasteiger partial charge in [0.2, 0.25) is 41.4 Å². The van der Waals surface area contributed by atoms with E-state index in [2.05, 4.69) is 42.2 Å². The van der Waals surface area contributed by atoms with Crippen LogP contribution in [-0.4, -0.2) is 174 Å². The van der Waals surface area contributed by atoms with Crippen LogP contribution in [0.5, 0.6) is 0 Å². The Morgan fingerprint density at radius 3 is 2.06 bits per heavy atom. The molecule has 1 fully saturated rings. The number of methoxy groups -OCH3 is 2. The first-order valence-electron chi connectivity index (χ1n) is 32.8. The van der Waals surface area contributed by atoms with Gasteiger partial charge in [-0.1, -0.05) is 104 Å². The molecule has 27 heteroatoms. The van der Waals surface area contributed by atoms with Gasteiger partial charge in [-0.2, -0.15) is 0 Å². The minimum absolute atomic E-state index is 0.0789. The van der Waals surface area contributed by atoms with Crippen LogP contribution >= 0.6 is 11.3 Å². The van der Waals surface area contributed by atoms with Gasteiger partial charge in [-0.15, -0.1) is 11.3 Å². The van der Waals surface area contributed by atoms with Gasteiger partial charge in [-0.05, 0) is 99.8 Å². The predicted molar refractivity (Wildman–Crippen MR) is 358 cm³/mol. The molecule has 522 valence electrons. The van der Waals surface area contributed by atoms with E-state index in [1.807, 2.05) is 56.5 Å². The second-order valence-corrected chi connectivity index (χ2v) is 26.6. The van der Waals surface area contributed by atoms with Crippen LogP contribution in [0.3, 0.4) is 0 Å².